The molecule has 25 heavy (non-hydrogen) atoms. The summed E-state index contributed by atoms with van der Waals surface area (Å²) in [6.07, 6.45) is 4.12. The Morgan fingerprint density at radius 3 is 2.52 bits per heavy atom. The van der Waals surface area contributed by atoms with Crippen molar-refractivity contribution in [2.45, 2.75) is 11.3 Å². The van der Waals surface area contributed by atoms with Crippen molar-refractivity contribution in [3.05, 3.63) is 76.5 Å². The first-order valence-electron chi connectivity index (χ1n) is 7.49. The Bertz CT molecular complexity index is 956. The summed E-state index contributed by atoms with van der Waals surface area (Å²) in [7, 11) is -3.71. The lowest BCUT2D eigenvalue weighted by Gasteiger charge is -2.09. The molecule has 0 amide bonds. The van der Waals surface area contributed by atoms with E-state index in [0.717, 1.165) is 11.3 Å². The first-order chi connectivity index (χ1) is 12.0. The Balaban J connectivity index is 1.63. The maximum Gasteiger partial charge on any atom is 0.242 e. The van der Waals surface area contributed by atoms with E-state index >= 15 is 0 Å². The molecule has 0 spiro atoms. The lowest BCUT2D eigenvalue weighted by atomic mass is 10.1. The van der Waals surface area contributed by atoms with E-state index in [1.165, 1.54) is 12.1 Å². The van der Waals surface area contributed by atoms with Crippen molar-refractivity contribution in [1.29, 1.82) is 0 Å². The summed E-state index contributed by atoms with van der Waals surface area (Å²) in [5.74, 6) is 0. The predicted octanol–water partition coefficient (Wildman–Crippen LogP) is 3.70. The minimum absolute atomic E-state index is 0.0179. The maximum absolute atomic E-state index is 12.3. The van der Waals surface area contributed by atoms with Gasteiger partial charge in [0.25, 0.3) is 0 Å². The molecule has 0 saturated heterocycles. The number of aromatic nitrogens is 2. The van der Waals surface area contributed by atoms with Crippen LogP contribution in [0.15, 0.2) is 65.8 Å². The maximum atomic E-state index is 12.3. The van der Waals surface area contributed by atoms with Gasteiger partial charge in [0.05, 0.1) is 10.7 Å². The summed E-state index contributed by atoms with van der Waals surface area (Å²) in [5.41, 5.74) is 1.95. The molecule has 0 bridgehead atoms. The Hall–Kier alpha value is -1.86. The number of hydrogen-bond acceptors (Lipinski definition) is 3. The van der Waals surface area contributed by atoms with Crippen molar-refractivity contribution >= 4 is 33.2 Å². The average molecular weight is 396 g/mol. The molecule has 130 valence electrons. The SMILES string of the molecule is O=S(=O)(NCCc1ccc(-n2cccn2)cc1)c1cc(Cl)ccc1Cl. The minimum atomic E-state index is -3.71. The predicted molar refractivity (Wildman–Crippen MR) is 98.9 cm³/mol. The molecule has 1 N–H and O–H groups in total. The monoisotopic (exact) mass is 395 g/mol. The quantitative estimate of drug-likeness (QED) is 0.691. The van der Waals surface area contributed by atoms with E-state index < -0.39 is 10.0 Å². The molecule has 1 aromatic heterocycles. The van der Waals surface area contributed by atoms with Crippen molar-refractivity contribution in [3.63, 3.8) is 0 Å². The fourth-order valence-electron chi connectivity index (χ4n) is 2.33. The van der Waals surface area contributed by atoms with E-state index in [9.17, 15) is 8.42 Å². The van der Waals surface area contributed by atoms with Gasteiger partial charge in [-0.15, -0.1) is 0 Å². The summed E-state index contributed by atoms with van der Waals surface area (Å²) in [4.78, 5) is -0.0179. The zero-order chi connectivity index (χ0) is 17.9. The second-order valence-corrected chi connectivity index (χ2v) is 7.92. The van der Waals surface area contributed by atoms with Crippen molar-refractivity contribution in [2.75, 3.05) is 6.54 Å². The van der Waals surface area contributed by atoms with E-state index in [-0.39, 0.29) is 16.5 Å². The Labute approximate surface area is 156 Å². The van der Waals surface area contributed by atoms with E-state index in [4.69, 9.17) is 23.2 Å². The topological polar surface area (TPSA) is 64.0 Å². The van der Waals surface area contributed by atoms with Gasteiger partial charge >= 0.3 is 0 Å². The van der Waals surface area contributed by atoms with Crippen LogP contribution in [0.4, 0.5) is 0 Å². The zero-order valence-electron chi connectivity index (χ0n) is 13.1. The van der Waals surface area contributed by atoms with Gasteiger partial charge < -0.3 is 0 Å². The smallest absolute Gasteiger partial charge is 0.241 e. The van der Waals surface area contributed by atoms with Crippen LogP contribution < -0.4 is 4.72 Å². The molecular formula is C17H15Cl2N3O2S. The molecule has 0 radical (unpaired) electrons. The van der Waals surface area contributed by atoms with Crippen LogP contribution in [0.2, 0.25) is 10.0 Å². The number of nitrogens with one attached hydrogen (secondary N) is 1. The third-order valence-corrected chi connectivity index (χ3v) is 5.77. The van der Waals surface area contributed by atoms with Crippen LogP contribution in [0.3, 0.4) is 0 Å². The number of nitrogens with zero attached hydrogens (tertiary/aromatic N) is 2. The Kier molecular flexibility index (Phi) is 5.44. The zero-order valence-corrected chi connectivity index (χ0v) is 15.4. The number of hydrogen-bond donors (Lipinski definition) is 1. The Morgan fingerprint density at radius 2 is 1.84 bits per heavy atom. The molecular weight excluding hydrogens is 381 g/mol. The second-order valence-electron chi connectivity index (χ2n) is 5.34. The average Bonchev–Trinajstić information content (AvgIpc) is 3.12. The summed E-state index contributed by atoms with van der Waals surface area (Å²) in [6, 6.07) is 14.0. The van der Waals surface area contributed by atoms with E-state index in [2.05, 4.69) is 9.82 Å². The highest BCUT2D eigenvalue weighted by molar-refractivity contribution is 7.89. The van der Waals surface area contributed by atoms with Gasteiger partial charge in [0.15, 0.2) is 0 Å². The van der Waals surface area contributed by atoms with Crippen LogP contribution >= 0.6 is 23.2 Å². The fraction of sp³-hybridized carbons (Fsp3) is 0.118. The fourth-order valence-corrected chi connectivity index (χ4v) is 4.12. The molecule has 0 fully saturated rings. The van der Waals surface area contributed by atoms with Gasteiger partial charge in [-0.2, -0.15) is 5.10 Å². The summed E-state index contributed by atoms with van der Waals surface area (Å²) in [5, 5.41) is 4.62. The van der Waals surface area contributed by atoms with Gasteiger partial charge in [-0.25, -0.2) is 17.8 Å². The molecule has 8 heteroatoms. The Morgan fingerprint density at radius 1 is 1.08 bits per heavy atom. The first-order valence-corrected chi connectivity index (χ1v) is 9.73. The molecule has 0 unspecified atom stereocenters. The molecule has 0 atom stereocenters. The van der Waals surface area contributed by atoms with Crippen LogP contribution in [0.5, 0.6) is 0 Å². The van der Waals surface area contributed by atoms with Crippen molar-refractivity contribution in [2.24, 2.45) is 0 Å². The van der Waals surface area contributed by atoms with Crippen LogP contribution in [-0.2, 0) is 16.4 Å². The van der Waals surface area contributed by atoms with Crippen LogP contribution in [0, 0.1) is 0 Å². The van der Waals surface area contributed by atoms with Gasteiger partial charge in [-0.05, 0) is 48.4 Å². The van der Waals surface area contributed by atoms with E-state index in [1.807, 2.05) is 36.5 Å². The first kappa shape index (κ1) is 17.9. The molecule has 0 aliphatic carbocycles. The summed E-state index contributed by atoms with van der Waals surface area (Å²) >= 11 is 11.8. The summed E-state index contributed by atoms with van der Waals surface area (Å²) in [6.45, 7) is 0.256. The van der Waals surface area contributed by atoms with Crippen LogP contribution in [0.25, 0.3) is 5.69 Å². The highest BCUT2D eigenvalue weighted by Crippen LogP contribution is 2.24. The lowest BCUT2D eigenvalue weighted by Crippen LogP contribution is -2.26. The van der Waals surface area contributed by atoms with E-state index in [0.29, 0.717) is 11.4 Å². The summed E-state index contributed by atoms with van der Waals surface area (Å²) < 4.78 is 29.0. The van der Waals surface area contributed by atoms with Gasteiger partial charge in [-0.3, -0.25) is 0 Å². The lowest BCUT2D eigenvalue weighted by molar-refractivity contribution is 0.581. The second kappa shape index (κ2) is 7.58. The van der Waals surface area contributed by atoms with Gasteiger partial charge in [0, 0.05) is 24.0 Å². The molecule has 0 aliphatic rings. The molecule has 0 saturated carbocycles. The highest BCUT2D eigenvalue weighted by Gasteiger charge is 2.17. The van der Waals surface area contributed by atoms with Crippen molar-refractivity contribution in [3.8, 4) is 5.69 Å². The van der Waals surface area contributed by atoms with Crippen molar-refractivity contribution in [1.82, 2.24) is 14.5 Å². The largest absolute Gasteiger partial charge is 0.242 e. The molecule has 1 heterocycles. The minimum Gasteiger partial charge on any atom is -0.241 e. The number of benzene rings is 2. The standard InChI is InChI=1S/C17H15Cl2N3O2S/c18-14-4-7-16(19)17(12-14)25(23,24)21-10-8-13-2-5-15(6-3-13)22-11-1-9-20-22/h1-7,9,11-12,21H,8,10H2. The van der Waals surface area contributed by atoms with Gasteiger partial charge in [0.1, 0.15) is 4.90 Å². The normalized spacial score (nSPS) is 11.6. The third-order valence-electron chi connectivity index (χ3n) is 3.59. The number of sulfonamides is 1. The molecule has 0 aliphatic heterocycles. The molecule has 3 aromatic rings. The van der Waals surface area contributed by atoms with Gasteiger partial charge in [-0.1, -0.05) is 35.3 Å². The van der Waals surface area contributed by atoms with Crippen LogP contribution in [-0.4, -0.2) is 24.7 Å². The molecule has 3 rings (SSSR count). The van der Waals surface area contributed by atoms with E-state index in [1.54, 1.807) is 16.9 Å². The molecule has 5 nitrogen and oxygen atoms in total. The van der Waals surface area contributed by atoms with Crippen LogP contribution in [0.1, 0.15) is 5.56 Å². The van der Waals surface area contributed by atoms with Crippen molar-refractivity contribution < 1.29 is 8.42 Å². The number of halogens is 2. The third kappa shape index (κ3) is 4.41. The highest BCUT2D eigenvalue weighted by atomic mass is 35.5. The number of rotatable bonds is 6. The molecule has 2 aromatic carbocycles. The van der Waals surface area contributed by atoms with Gasteiger partial charge in [0.2, 0.25) is 10.0 Å².